The molecule has 0 spiro atoms. The Labute approximate surface area is 106 Å². The number of anilines is 1. The van der Waals surface area contributed by atoms with Gasteiger partial charge in [0.15, 0.2) is 0 Å². The van der Waals surface area contributed by atoms with E-state index in [0.717, 1.165) is 28.7 Å². The maximum Gasteiger partial charge on any atom is 0.140 e. The van der Waals surface area contributed by atoms with Crippen LogP contribution < -0.4 is 11.1 Å². The van der Waals surface area contributed by atoms with Crippen molar-refractivity contribution in [2.24, 2.45) is 5.73 Å². The summed E-state index contributed by atoms with van der Waals surface area (Å²) in [6, 6.07) is 2.06. The van der Waals surface area contributed by atoms with E-state index in [0.29, 0.717) is 6.54 Å². The van der Waals surface area contributed by atoms with Crippen LogP contribution in [0.3, 0.4) is 0 Å². The molecule has 0 aliphatic carbocycles. The SMILES string of the molecule is CCC(C)(CCN)Nc1ncc(C)cc1Br. The fourth-order valence-corrected chi connectivity index (χ4v) is 2.12. The van der Waals surface area contributed by atoms with Crippen molar-refractivity contribution in [3.05, 3.63) is 22.3 Å². The smallest absolute Gasteiger partial charge is 0.140 e. The fraction of sp³-hybridized carbons (Fsp3) is 0.583. The van der Waals surface area contributed by atoms with Crippen LogP contribution >= 0.6 is 15.9 Å². The highest BCUT2D eigenvalue weighted by atomic mass is 79.9. The average molecular weight is 286 g/mol. The molecule has 16 heavy (non-hydrogen) atoms. The van der Waals surface area contributed by atoms with E-state index in [1.54, 1.807) is 0 Å². The van der Waals surface area contributed by atoms with Gasteiger partial charge in [0.25, 0.3) is 0 Å². The molecule has 0 saturated carbocycles. The van der Waals surface area contributed by atoms with E-state index in [-0.39, 0.29) is 5.54 Å². The van der Waals surface area contributed by atoms with Gasteiger partial charge in [-0.2, -0.15) is 0 Å². The lowest BCUT2D eigenvalue weighted by Gasteiger charge is -2.30. The summed E-state index contributed by atoms with van der Waals surface area (Å²) in [6.45, 7) is 7.04. The molecule has 3 N–H and O–H groups in total. The van der Waals surface area contributed by atoms with Gasteiger partial charge < -0.3 is 11.1 Å². The van der Waals surface area contributed by atoms with Gasteiger partial charge in [0, 0.05) is 11.7 Å². The number of nitrogens with two attached hydrogens (primary N) is 1. The van der Waals surface area contributed by atoms with E-state index in [1.807, 2.05) is 13.1 Å². The summed E-state index contributed by atoms with van der Waals surface area (Å²) in [5.41, 5.74) is 6.79. The highest BCUT2D eigenvalue weighted by Gasteiger charge is 2.22. The number of aryl methyl sites for hydroxylation is 1. The van der Waals surface area contributed by atoms with E-state index in [1.165, 1.54) is 0 Å². The average Bonchev–Trinajstić information content (AvgIpc) is 2.23. The summed E-state index contributed by atoms with van der Waals surface area (Å²) in [5.74, 6) is 0.892. The number of nitrogens with one attached hydrogen (secondary N) is 1. The monoisotopic (exact) mass is 285 g/mol. The van der Waals surface area contributed by atoms with Crippen LogP contribution in [0.25, 0.3) is 0 Å². The van der Waals surface area contributed by atoms with Crippen molar-refractivity contribution in [2.75, 3.05) is 11.9 Å². The largest absolute Gasteiger partial charge is 0.364 e. The Morgan fingerprint density at radius 1 is 1.56 bits per heavy atom. The van der Waals surface area contributed by atoms with E-state index in [2.05, 4.69) is 46.1 Å². The fourth-order valence-electron chi connectivity index (χ4n) is 1.56. The maximum atomic E-state index is 5.63. The minimum Gasteiger partial charge on any atom is -0.364 e. The van der Waals surface area contributed by atoms with Crippen molar-refractivity contribution in [2.45, 2.75) is 39.2 Å². The van der Waals surface area contributed by atoms with Crippen LogP contribution in [0.1, 0.15) is 32.3 Å². The number of rotatable bonds is 5. The second kappa shape index (κ2) is 5.64. The van der Waals surface area contributed by atoms with E-state index in [4.69, 9.17) is 5.73 Å². The van der Waals surface area contributed by atoms with Crippen molar-refractivity contribution in [1.29, 1.82) is 0 Å². The van der Waals surface area contributed by atoms with Crippen molar-refractivity contribution >= 4 is 21.7 Å². The molecule has 90 valence electrons. The molecule has 1 unspecified atom stereocenters. The lowest BCUT2D eigenvalue weighted by Crippen LogP contribution is -2.36. The molecule has 0 radical (unpaired) electrons. The molecule has 1 aromatic rings. The molecule has 4 heteroatoms. The quantitative estimate of drug-likeness (QED) is 0.874. The molecule has 0 fully saturated rings. The van der Waals surface area contributed by atoms with Crippen LogP contribution in [0.4, 0.5) is 5.82 Å². The van der Waals surface area contributed by atoms with Crippen molar-refractivity contribution in [1.82, 2.24) is 4.98 Å². The Kier molecular flexibility index (Phi) is 4.74. The first-order valence-electron chi connectivity index (χ1n) is 5.61. The number of hydrogen-bond acceptors (Lipinski definition) is 3. The van der Waals surface area contributed by atoms with Gasteiger partial charge in [-0.25, -0.2) is 4.98 Å². The third-order valence-corrected chi connectivity index (χ3v) is 3.48. The molecule has 0 bridgehead atoms. The summed E-state index contributed by atoms with van der Waals surface area (Å²) < 4.78 is 1.00. The summed E-state index contributed by atoms with van der Waals surface area (Å²) in [5, 5.41) is 3.46. The van der Waals surface area contributed by atoms with Crippen molar-refractivity contribution in [3.63, 3.8) is 0 Å². The van der Waals surface area contributed by atoms with Gasteiger partial charge in [-0.3, -0.25) is 0 Å². The minimum atomic E-state index is 0.0134. The topological polar surface area (TPSA) is 50.9 Å². The second-order valence-electron chi connectivity index (χ2n) is 4.42. The first-order chi connectivity index (χ1) is 7.50. The predicted molar refractivity (Wildman–Crippen MR) is 72.7 cm³/mol. The van der Waals surface area contributed by atoms with Crippen molar-refractivity contribution < 1.29 is 0 Å². The Hall–Kier alpha value is -0.610. The van der Waals surface area contributed by atoms with Crippen LogP contribution in [0.15, 0.2) is 16.7 Å². The highest BCUT2D eigenvalue weighted by molar-refractivity contribution is 9.10. The zero-order valence-corrected chi connectivity index (χ0v) is 11.8. The minimum absolute atomic E-state index is 0.0134. The van der Waals surface area contributed by atoms with Gasteiger partial charge in [0.2, 0.25) is 0 Å². The first-order valence-corrected chi connectivity index (χ1v) is 6.40. The number of pyridine rings is 1. The lowest BCUT2D eigenvalue weighted by molar-refractivity contribution is 0.461. The predicted octanol–water partition coefficient (Wildman–Crippen LogP) is 3.08. The normalized spacial score (nSPS) is 14.6. The highest BCUT2D eigenvalue weighted by Crippen LogP contribution is 2.26. The van der Waals surface area contributed by atoms with Gasteiger partial charge in [-0.1, -0.05) is 6.92 Å². The first kappa shape index (κ1) is 13.5. The van der Waals surface area contributed by atoms with Gasteiger partial charge in [0.1, 0.15) is 5.82 Å². The van der Waals surface area contributed by atoms with E-state index >= 15 is 0 Å². The van der Waals surface area contributed by atoms with E-state index in [9.17, 15) is 0 Å². The molecule has 1 atom stereocenters. The molecule has 1 aromatic heterocycles. The third-order valence-electron chi connectivity index (χ3n) is 2.87. The molecule has 0 aliphatic heterocycles. The van der Waals surface area contributed by atoms with Gasteiger partial charge in [-0.05, 0) is 60.8 Å². The summed E-state index contributed by atoms with van der Waals surface area (Å²) in [7, 11) is 0. The van der Waals surface area contributed by atoms with Crippen LogP contribution in [0.2, 0.25) is 0 Å². The molecule has 0 aromatic carbocycles. The Morgan fingerprint density at radius 3 is 2.75 bits per heavy atom. The third kappa shape index (κ3) is 3.46. The number of halogens is 1. The molecule has 1 heterocycles. The number of aromatic nitrogens is 1. The standard InChI is InChI=1S/C12H20BrN3/c1-4-12(3,5-6-14)16-11-10(13)7-9(2)8-15-11/h7-8H,4-6,14H2,1-3H3,(H,15,16). The summed E-state index contributed by atoms with van der Waals surface area (Å²) in [4.78, 5) is 4.39. The molecule has 0 aliphatic rings. The van der Waals surface area contributed by atoms with E-state index < -0.39 is 0 Å². The Bertz CT molecular complexity index is 354. The molecule has 3 nitrogen and oxygen atoms in total. The molecule has 0 saturated heterocycles. The summed E-state index contributed by atoms with van der Waals surface area (Å²) in [6.07, 6.45) is 3.82. The second-order valence-corrected chi connectivity index (χ2v) is 5.28. The number of hydrogen-bond donors (Lipinski definition) is 2. The molecule has 1 rings (SSSR count). The van der Waals surface area contributed by atoms with Crippen LogP contribution in [0.5, 0.6) is 0 Å². The number of nitrogens with zero attached hydrogens (tertiary/aromatic N) is 1. The van der Waals surface area contributed by atoms with Crippen LogP contribution in [0, 0.1) is 6.92 Å². The van der Waals surface area contributed by atoms with Gasteiger partial charge >= 0.3 is 0 Å². The van der Waals surface area contributed by atoms with Crippen molar-refractivity contribution in [3.8, 4) is 0 Å². The zero-order valence-electron chi connectivity index (χ0n) is 10.2. The molecular weight excluding hydrogens is 266 g/mol. The molecule has 0 amide bonds. The lowest BCUT2D eigenvalue weighted by atomic mass is 9.94. The van der Waals surface area contributed by atoms with Gasteiger partial charge in [0.05, 0.1) is 4.47 Å². The maximum absolute atomic E-state index is 5.63. The summed E-state index contributed by atoms with van der Waals surface area (Å²) >= 11 is 3.52. The Balaban J connectivity index is 2.85. The van der Waals surface area contributed by atoms with Gasteiger partial charge in [-0.15, -0.1) is 0 Å². The van der Waals surface area contributed by atoms with Crippen LogP contribution in [-0.2, 0) is 0 Å². The zero-order chi connectivity index (χ0) is 12.2. The Morgan fingerprint density at radius 2 is 2.25 bits per heavy atom. The molecular formula is C12H20BrN3. The van der Waals surface area contributed by atoms with Crippen LogP contribution in [-0.4, -0.2) is 17.1 Å².